The minimum Gasteiger partial charge on any atom is -0.320 e. The fourth-order valence-corrected chi connectivity index (χ4v) is 0.968. The lowest BCUT2D eigenvalue weighted by atomic mass is 9.88. The molecule has 0 saturated heterocycles. The molecule has 0 aromatic rings. The molecule has 0 aromatic carbocycles. The minimum absolute atomic E-state index is 0.0878. The van der Waals surface area contributed by atoms with Gasteiger partial charge >= 0.3 is 0 Å². The van der Waals surface area contributed by atoms with E-state index in [-0.39, 0.29) is 11.3 Å². The molecule has 0 aromatic heterocycles. The molecule has 0 bridgehead atoms. The highest BCUT2D eigenvalue weighted by Crippen LogP contribution is 2.19. The summed E-state index contributed by atoms with van der Waals surface area (Å²) >= 11 is 0. The second-order valence-corrected chi connectivity index (χ2v) is 4.11. The average molecular weight is 173 g/mol. The molecule has 1 amide bonds. The first kappa shape index (κ1) is 11.4. The van der Waals surface area contributed by atoms with Crippen LogP contribution in [0.2, 0.25) is 0 Å². The van der Waals surface area contributed by atoms with Gasteiger partial charge in [-0.25, -0.2) is 5.43 Å². The first-order valence-electron chi connectivity index (χ1n) is 4.09. The Morgan fingerprint density at radius 2 is 2.00 bits per heavy atom. The predicted octanol–water partition coefficient (Wildman–Crippen LogP) is 0.000500. The van der Waals surface area contributed by atoms with Gasteiger partial charge in [-0.2, -0.15) is 0 Å². The quantitative estimate of drug-likeness (QED) is 0.526. The number of carbonyl (C=O) groups excluding carboxylic acids is 1. The fraction of sp³-hybridized carbons (Fsp3) is 0.875. The van der Waals surface area contributed by atoms with Gasteiger partial charge in [0.25, 0.3) is 5.91 Å². The van der Waals surface area contributed by atoms with Crippen molar-refractivity contribution in [1.29, 1.82) is 0 Å². The maximum atomic E-state index is 11.1. The second kappa shape index (κ2) is 4.42. The van der Waals surface area contributed by atoms with E-state index in [1.165, 1.54) is 0 Å². The number of nitrogens with one attached hydrogen (secondary N) is 2. The molecule has 1 atom stereocenters. The third-order valence-corrected chi connectivity index (χ3v) is 1.42. The molecule has 1 unspecified atom stereocenters. The van der Waals surface area contributed by atoms with E-state index >= 15 is 0 Å². The van der Waals surface area contributed by atoms with Crippen LogP contribution in [0.3, 0.4) is 0 Å². The highest BCUT2D eigenvalue weighted by atomic mass is 16.2. The standard InChI is InChI=1S/C8H19N3O/c1-8(2,3)5-6(9)7(12)11-10-4/h6,10H,5,9H2,1-4H3,(H,11,12). The highest BCUT2D eigenvalue weighted by molar-refractivity contribution is 5.80. The van der Waals surface area contributed by atoms with Crippen molar-refractivity contribution in [3.63, 3.8) is 0 Å². The van der Waals surface area contributed by atoms with Crippen LogP contribution < -0.4 is 16.6 Å². The largest absolute Gasteiger partial charge is 0.320 e. The van der Waals surface area contributed by atoms with Crippen molar-refractivity contribution in [3.8, 4) is 0 Å². The molecule has 0 saturated carbocycles. The molecule has 0 aliphatic heterocycles. The van der Waals surface area contributed by atoms with E-state index in [4.69, 9.17) is 5.73 Å². The first-order chi connectivity index (χ1) is 5.37. The third kappa shape index (κ3) is 5.09. The molecule has 0 heterocycles. The van der Waals surface area contributed by atoms with Gasteiger partial charge in [-0.3, -0.25) is 10.2 Å². The van der Waals surface area contributed by atoms with Crippen LogP contribution in [0, 0.1) is 5.41 Å². The molecule has 72 valence electrons. The van der Waals surface area contributed by atoms with Gasteiger partial charge in [0.05, 0.1) is 6.04 Å². The van der Waals surface area contributed by atoms with Crippen LogP contribution in [0.25, 0.3) is 0 Å². The van der Waals surface area contributed by atoms with Crippen LogP contribution in [0.15, 0.2) is 0 Å². The molecule has 4 N–H and O–H groups in total. The number of hydrogen-bond donors (Lipinski definition) is 3. The van der Waals surface area contributed by atoms with E-state index in [1.807, 2.05) is 0 Å². The topological polar surface area (TPSA) is 67.1 Å². The van der Waals surface area contributed by atoms with Crippen molar-refractivity contribution < 1.29 is 4.79 Å². The van der Waals surface area contributed by atoms with E-state index < -0.39 is 6.04 Å². The van der Waals surface area contributed by atoms with Crippen molar-refractivity contribution >= 4 is 5.91 Å². The van der Waals surface area contributed by atoms with Gasteiger partial charge in [0.15, 0.2) is 0 Å². The molecule has 0 aliphatic carbocycles. The summed E-state index contributed by atoms with van der Waals surface area (Å²) in [7, 11) is 1.64. The number of rotatable bonds is 3. The summed E-state index contributed by atoms with van der Waals surface area (Å²) in [6, 6.07) is -0.433. The Bertz CT molecular complexity index is 151. The van der Waals surface area contributed by atoms with Crippen molar-refractivity contribution in [2.75, 3.05) is 7.05 Å². The third-order valence-electron chi connectivity index (χ3n) is 1.42. The number of hydrazine groups is 1. The zero-order valence-electron chi connectivity index (χ0n) is 8.27. The highest BCUT2D eigenvalue weighted by Gasteiger charge is 2.20. The summed E-state index contributed by atoms with van der Waals surface area (Å²) in [5, 5.41) is 0. The smallest absolute Gasteiger partial charge is 0.250 e. The van der Waals surface area contributed by atoms with Crippen LogP contribution in [0.1, 0.15) is 27.2 Å². The van der Waals surface area contributed by atoms with E-state index in [1.54, 1.807) is 7.05 Å². The lowest BCUT2D eigenvalue weighted by Gasteiger charge is -2.22. The minimum atomic E-state index is -0.433. The molecule has 12 heavy (non-hydrogen) atoms. The van der Waals surface area contributed by atoms with Crippen LogP contribution in [-0.4, -0.2) is 19.0 Å². The molecule has 0 fully saturated rings. The monoisotopic (exact) mass is 173 g/mol. The van der Waals surface area contributed by atoms with Crippen LogP contribution in [-0.2, 0) is 4.79 Å². The Morgan fingerprint density at radius 1 is 1.50 bits per heavy atom. The lowest BCUT2D eigenvalue weighted by Crippen LogP contribution is -2.47. The summed E-state index contributed by atoms with van der Waals surface area (Å²) in [5.41, 5.74) is 10.7. The fourth-order valence-electron chi connectivity index (χ4n) is 0.968. The van der Waals surface area contributed by atoms with E-state index in [0.717, 1.165) is 0 Å². The maximum absolute atomic E-state index is 11.1. The maximum Gasteiger partial charge on any atom is 0.250 e. The molecular formula is C8H19N3O. The Morgan fingerprint density at radius 3 is 2.33 bits per heavy atom. The van der Waals surface area contributed by atoms with E-state index in [2.05, 4.69) is 31.6 Å². The summed E-state index contributed by atoms with van der Waals surface area (Å²) in [5.74, 6) is -0.160. The number of hydrogen-bond acceptors (Lipinski definition) is 3. The van der Waals surface area contributed by atoms with Gasteiger partial charge in [-0.15, -0.1) is 0 Å². The molecule has 0 rings (SSSR count). The van der Waals surface area contributed by atoms with Crippen LogP contribution >= 0.6 is 0 Å². The van der Waals surface area contributed by atoms with Crippen LogP contribution in [0.5, 0.6) is 0 Å². The molecule has 0 spiro atoms. The summed E-state index contributed by atoms with van der Waals surface area (Å²) < 4.78 is 0. The predicted molar refractivity (Wildman–Crippen MR) is 49.2 cm³/mol. The lowest BCUT2D eigenvalue weighted by molar-refractivity contribution is -0.123. The zero-order valence-corrected chi connectivity index (χ0v) is 8.27. The van der Waals surface area contributed by atoms with Crippen LogP contribution in [0.4, 0.5) is 0 Å². The molecule has 0 aliphatic rings. The van der Waals surface area contributed by atoms with Crippen molar-refractivity contribution in [2.24, 2.45) is 11.1 Å². The van der Waals surface area contributed by atoms with Gasteiger partial charge < -0.3 is 5.73 Å². The van der Waals surface area contributed by atoms with Gasteiger partial charge in [0.1, 0.15) is 0 Å². The Kier molecular flexibility index (Phi) is 4.20. The first-order valence-corrected chi connectivity index (χ1v) is 4.09. The van der Waals surface area contributed by atoms with Gasteiger partial charge in [0, 0.05) is 7.05 Å². The zero-order chi connectivity index (χ0) is 9.78. The molecular weight excluding hydrogens is 154 g/mol. The van der Waals surface area contributed by atoms with Crippen molar-refractivity contribution in [3.05, 3.63) is 0 Å². The summed E-state index contributed by atoms with van der Waals surface area (Å²) in [6.07, 6.45) is 0.681. The van der Waals surface area contributed by atoms with Crippen molar-refractivity contribution in [2.45, 2.75) is 33.2 Å². The van der Waals surface area contributed by atoms with Gasteiger partial charge in [-0.05, 0) is 11.8 Å². The molecule has 4 nitrogen and oxygen atoms in total. The average Bonchev–Trinajstić information content (AvgIpc) is 1.84. The van der Waals surface area contributed by atoms with Gasteiger partial charge in [-0.1, -0.05) is 20.8 Å². The Balaban J connectivity index is 3.87. The number of amides is 1. The Labute approximate surface area is 73.9 Å². The van der Waals surface area contributed by atoms with E-state index in [0.29, 0.717) is 6.42 Å². The molecule has 0 radical (unpaired) electrons. The molecule has 4 heteroatoms. The summed E-state index contributed by atoms with van der Waals surface area (Å²) in [4.78, 5) is 11.1. The normalized spacial score (nSPS) is 14.1. The second-order valence-electron chi connectivity index (χ2n) is 4.11. The van der Waals surface area contributed by atoms with Crippen molar-refractivity contribution in [1.82, 2.24) is 10.9 Å². The van der Waals surface area contributed by atoms with Gasteiger partial charge in [0.2, 0.25) is 0 Å². The Hall–Kier alpha value is -0.610. The van der Waals surface area contributed by atoms with E-state index in [9.17, 15) is 4.79 Å². The SMILES string of the molecule is CNNC(=O)C(N)CC(C)(C)C. The number of carbonyl (C=O) groups is 1. The number of nitrogens with two attached hydrogens (primary N) is 1. The summed E-state index contributed by atoms with van der Waals surface area (Å²) in [6.45, 7) is 6.17.